The standard InChI is InChI=1S/C21H24ClF2N3O3S/c1-26(2)21(28)27-12-17(23)20(25-31(3,29)30)18(27)11-14-7-5-9-16(19(14)24)13-6-4-8-15(22)10-13/h4-10,17-18,20,25H,11-12H2,1-3H3/t17-,18-,20-/m0/s1. The summed E-state index contributed by atoms with van der Waals surface area (Å²) in [5.74, 6) is -0.526. The molecule has 1 aliphatic heterocycles. The minimum atomic E-state index is -3.75. The Labute approximate surface area is 185 Å². The first-order chi connectivity index (χ1) is 14.5. The number of hydrogen-bond donors (Lipinski definition) is 1. The van der Waals surface area contributed by atoms with E-state index < -0.39 is 40.1 Å². The summed E-state index contributed by atoms with van der Waals surface area (Å²) in [6.45, 7) is -0.287. The summed E-state index contributed by atoms with van der Waals surface area (Å²) in [6.07, 6.45) is -0.760. The molecule has 0 unspecified atom stereocenters. The molecule has 0 radical (unpaired) electrons. The molecule has 1 heterocycles. The molecule has 0 saturated carbocycles. The van der Waals surface area contributed by atoms with Crippen LogP contribution in [0.4, 0.5) is 13.6 Å². The summed E-state index contributed by atoms with van der Waals surface area (Å²) in [7, 11) is -0.715. The van der Waals surface area contributed by atoms with Crippen LogP contribution in [0.15, 0.2) is 42.5 Å². The van der Waals surface area contributed by atoms with Crippen molar-refractivity contribution >= 4 is 27.7 Å². The van der Waals surface area contributed by atoms with Crippen molar-refractivity contribution in [3.8, 4) is 11.1 Å². The van der Waals surface area contributed by atoms with Crippen molar-refractivity contribution < 1.29 is 22.0 Å². The van der Waals surface area contributed by atoms with Crippen LogP contribution in [0.25, 0.3) is 11.1 Å². The molecule has 2 amide bonds. The Bertz CT molecular complexity index is 1080. The lowest BCUT2D eigenvalue weighted by atomic mass is 9.96. The largest absolute Gasteiger partial charge is 0.331 e. The fourth-order valence-electron chi connectivity index (χ4n) is 3.83. The van der Waals surface area contributed by atoms with Crippen LogP contribution >= 0.6 is 11.6 Å². The van der Waals surface area contributed by atoms with Crippen LogP contribution in [0, 0.1) is 5.82 Å². The van der Waals surface area contributed by atoms with Crippen LogP contribution in [0.2, 0.25) is 5.02 Å². The highest BCUT2D eigenvalue weighted by Gasteiger charge is 2.46. The molecule has 1 aliphatic rings. The van der Waals surface area contributed by atoms with Gasteiger partial charge in [-0.25, -0.2) is 26.7 Å². The van der Waals surface area contributed by atoms with E-state index in [2.05, 4.69) is 4.72 Å². The Kier molecular flexibility index (Phi) is 6.88. The van der Waals surface area contributed by atoms with Gasteiger partial charge in [-0.3, -0.25) is 0 Å². The van der Waals surface area contributed by atoms with Crippen LogP contribution in [0.3, 0.4) is 0 Å². The number of likely N-dealkylation sites (tertiary alicyclic amines) is 1. The molecule has 2 aromatic carbocycles. The Hall–Kier alpha value is -2.23. The highest BCUT2D eigenvalue weighted by Crippen LogP contribution is 2.31. The van der Waals surface area contributed by atoms with E-state index in [0.29, 0.717) is 16.1 Å². The van der Waals surface area contributed by atoms with Gasteiger partial charge in [-0.05, 0) is 29.7 Å². The molecule has 1 fully saturated rings. The number of nitrogens with zero attached hydrogens (tertiary/aromatic N) is 2. The molecule has 2 aromatic rings. The first-order valence-corrected chi connectivity index (χ1v) is 11.9. The molecule has 31 heavy (non-hydrogen) atoms. The van der Waals surface area contributed by atoms with Crippen LogP contribution in [-0.4, -0.2) is 69.4 Å². The predicted molar refractivity (Wildman–Crippen MR) is 117 cm³/mol. The molecular formula is C21H24ClF2N3O3S. The van der Waals surface area contributed by atoms with Gasteiger partial charge in [0.1, 0.15) is 12.0 Å². The number of halogens is 3. The average Bonchev–Trinajstić information content (AvgIpc) is 2.97. The molecule has 6 nitrogen and oxygen atoms in total. The molecule has 0 aromatic heterocycles. The third-order valence-corrected chi connectivity index (χ3v) is 6.13. The van der Waals surface area contributed by atoms with Gasteiger partial charge in [-0.2, -0.15) is 0 Å². The minimum Gasteiger partial charge on any atom is -0.331 e. The van der Waals surface area contributed by atoms with Crippen LogP contribution in [0.5, 0.6) is 0 Å². The van der Waals surface area contributed by atoms with E-state index in [-0.39, 0.29) is 18.5 Å². The maximum Gasteiger partial charge on any atom is 0.319 e. The maximum absolute atomic E-state index is 15.4. The van der Waals surface area contributed by atoms with Gasteiger partial charge in [0.05, 0.1) is 24.9 Å². The molecule has 1 N–H and O–H groups in total. The van der Waals surface area contributed by atoms with Gasteiger partial charge in [0.25, 0.3) is 0 Å². The summed E-state index contributed by atoms with van der Waals surface area (Å²) < 4.78 is 56.1. The van der Waals surface area contributed by atoms with Crippen LogP contribution < -0.4 is 4.72 Å². The molecular weight excluding hydrogens is 448 g/mol. The second-order valence-electron chi connectivity index (χ2n) is 7.82. The number of hydrogen-bond acceptors (Lipinski definition) is 3. The normalized spacial score (nSPS) is 21.4. The van der Waals surface area contributed by atoms with E-state index in [1.165, 1.54) is 23.9 Å². The van der Waals surface area contributed by atoms with Gasteiger partial charge >= 0.3 is 6.03 Å². The summed E-state index contributed by atoms with van der Waals surface area (Å²) in [5.41, 5.74) is 1.13. The predicted octanol–water partition coefficient (Wildman–Crippen LogP) is 3.31. The number of nitrogens with one attached hydrogen (secondary N) is 1. The first kappa shape index (κ1) is 23.4. The van der Waals surface area contributed by atoms with Crippen molar-refractivity contribution in [3.63, 3.8) is 0 Å². The summed E-state index contributed by atoms with van der Waals surface area (Å²) in [5, 5.41) is 0.457. The van der Waals surface area contributed by atoms with Gasteiger partial charge in [0.15, 0.2) is 0 Å². The number of amides is 2. The second kappa shape index (κ2) is 9.10. The molecule has 3 rings (SSSR count). The van der Waals surface area contributed by atoms with E-state index in [0.717, 1.165) is 6.26 Å². The van der Waals surface area contributed by atoms with Crippen LogP contribution in [-0.2, 0) is 16.4 Å². The van der Waals surface area contributed by atoms with Gasteiger partial charge in [-0.15, -0.1) is 0 Å². The molecule has 168 valence electrons. The Morgan fingerprint density at radius 3 is 2.55 bits per heavy atom. The van der Waals surface area contributed by atoms with E-state index in [1.807, 2.05) is 0 Å². The van der Waals surface area contributed by atoms with Gasteiger partial charge in [0, 0.05) is 24.7 Å². The Morgan fingerprint density at radius 2 is 1.94 bits per heavy atom. The number of carbonyl (C=O) groups is 1. The highest BCUT2D eigenvalue weighted by molar-refractivity contribution is 7.88. The van der Waals surface area contributed by atoms with Crippen molar-refractivity contribution in [1.82, 2.24) is 14.5 Å². The fraction of sp³-hybridized carbons (Fsp3) is 0.381. The number of benzene rings is 2. The third kappa shape index (κ3) is 5.34. The molecule has 0 bridgehead atoms. The van der Waals surface area contributed by atoms with Gasteiger partial charge in [0.2, 0.25) is 10.0 Å². The summed E-state index contributed by atoms with van der Waals surface area (Å²) in [4.78, 5) is 15.1. The molecule has 1 saturated heterocycles. The maximum atomic E-state index is 15.4. The van der Waals surface area contributed by atoms with Crippen molar-refractivity contribution in [1.29, 1.82) is 0 Å². The van der Waals surface area contributed by atoms with E-state index in [1.54, 1.807) is 42.5 Å². The molecule has 3 atom stereocenters. The number of sulfonamides is 1. The minimum absolute atomic E-state index is 0.0621. The smallest absolute Gasteiger partial charge is 0.319 e. The fourth-order valence-corrected chi connectivity index (χ4v) is 4.82. The summed E-state index contributed by atoms with van der Waals surface area (Å²) in [6, 6.07) is 8.99. The first-order valence-electron chi connectivity index (χ1n) is 9.60. The lowest BCUT2D eigenvalue weighted by Crippen LogP contribution is -2.51. The number of alkyl halides is 1. The average molecular weight is 472 g/mol. The third-order valence-electron chi connectivity index (χ3n) is 5.20. The van der Waals surface area contributed by atoms with Crippen LogP contribution in [0.1, 0.15) is 5.56 Å². The molecule has 10 heteroatoms. The second-order valence-corrected chi connectivity index (χ2v) is 10.0. The SMILES string of the molecule is CN(C)C(=O)N1C[C@H](F)[C@H](NS(C)(=O)=O)[C@@H]1Cc1cccc(-c2cccc(Cl)c2)c1F. The van der Waals surface area contributed by atoms with Crippen molar-refractivity contribution in [2.45, 2.75) is 24.7 Å². The summed E-state index contributed by atoms with van der Waals surface area (Å²) >= 11 is 6.03. The number of rotatable bonds is 5. The Morgan fingerprint density at radius 1 is 1.26 bits per heavy atom. The zero-order valence-corrected chi connectivity index (χ0v) is 18.9. The van der Waals surface area contributed by atoms with E-state index in [9.17, 15) is 17.6 Å². The highest BCUT2D eigenvalue weighted by atomic mass is 35.5. The quantitative estimate of drug-likeness (QED) is 0.727. The van der Waals surface area contributed by atoms with E-state index >= 15 is 4.39 Å². The lowest BCUT2D eigenvalue weighted by Gasteiger charge is -2.30. The lowest BCUT2D eigenvalue weighted by molar-refractivity contribution is 0.161. The van der Waals surface area contributed by atoms with Gasteiger partial charge in [-0.1, -0.05) is 41.9 Å². The zero-order valence-electron chi connectivity index (χ0n) is 17.3. The number of urea groups is 1. The van der Waals surface area contributed by atoms with E-state index in [4.69, 9.17) is 11.6 Å². The van der Waals surface area contributed by atoms with Gasteiger partial charge < -0.3 is 9.80 Å². The Balaban J connectivity index is 2.00. The van der Waals surface area contributed by atoms with Crippen molar-refractivity contribution in [2.24, 2.45) is 0 Å². The topological polar surface area (TPSA) is 69.7 Å². The van der Waals surface area contributed by atoms with Crippen molar-refractivity contribution in [3.05, 3.63) is 58.9 Å². The zero-order chi connectivity index (χ0) is 22.9. The monoisotopic (exact) mass is 471 g/mol. The number of carbonyl (C=O) groups excluding carboxylic acids is 1. The molecule has 0 aliphatic carbocycles. The molecule has 0 spiro atoms. The van der Waals surface area contributed by atoms with Crippen molar-refractivity contribution in [2.75, 3.05) is 26.9 Å².